The normalized spacial score (nSPS) is 26.7. The summed E-state index contributed by atoms with van der Waals surface area (Å²) in [5.74, 6) is -2.58. The summed E-state index contributed by atoms with van der Waals surface area (Å²) in [6.45, 7) is 8.82. The van der Waals surface area contributed by atoms with Crippen molar-refractivity contribution in [3.8, 4) is 6.01 Å². The molecule has 1 aromatic carbocycles. The molecule has 0 unspecified atom stereocenters. The molecule has 16 heteroatoms. The summed E-state index contributed by atoms with van der Waals surface area (Å²) in [5.41, 5.74) is -1.50. The van der Waals surface area contributed by atoms with Crippen molar-refractivity contribution < 1.29 is 41.5 Å². The maximum atomic E-state index is 15.0. The summed E-state index contributed by atoms with van der Waals surface area (Å²) in [6, 6.07) is 2.36. The van der Waals surface area contributed by atoms with Gasteiger partial charge >= 0.3 is 16.3 Å². The van der Waals surface area contributed by atoms with Crippen LogP contribution in [0, 0.1) is 17.2 Å². The molecule has 3 aliphatic rings. The molecule has 1 saturated heterocycles. The van der Waals surface area contributed by atoms with E-state index in [1.165, 1.54) is 25.1 Å². The summed E-state index contributed by atoms with van der Waals surface area (Å²) in [6.07, 6.45) is 5.38. The highest BCUT2D eigenvalue weighted by Gasteiger charge is 2.61. The minimum atomic E-state index is -4.14. The molecule has 286 valence electrons. The van der Waals surface area contributed by atoms with Crippen molar-refractivity contribution in [3.05, 3.63) is 36.2 Å². The zero-order chi connectivity index (χ0) is 38.2. The standard InChI is InChI=1S/C36H51FN6O8S/c1-22(2)43-30-25(37)15-13-17-26(30)38-33(43)50-24-18-28-29(44)20-36(32(46)40-52(48,49)41(6)7)19-23(36)14-11-9-8-10-12-16-27(31(45)42(28)21-24)39-34(47)51-35(3,4)5/h11,13-15,17,22-24,27-28H,8-10,12,16,18-21H2,1-7H3,(H,39,47)(H,40,46)/b14-11-/t23-,24+,27-,28-,36+/m0/s1. The Kier molecular flexibility index (Phi) is 11.4. The van der Waals surface area contributed by atoms with E-state index in [0.717, 1.165) is 17.1 Å². The number of rotatable bonds is 7. The number of alkyl carbamates (subject to hydrolysis) is 1. The SMILES string of the molecule is CC(C)n1c(O[C@@H]2C[C@H]3C(=O)C[C@]4(C(=O)NS(=O)(=O)N(C)C)C[C@@H]4/C=C\CCCCC[C@H](NC(=O)OC(C)(C)C)C(=O)N3C2)nc2cccc(F)c21. The van der Waals surface area contributed by atoms with Gasteiger partial charge in [-0.3, -0.25) is 19.0 Å². The van der Waals surface area contributed by atoms with Crippen LogP contribution in [0.1, 0.15) is 92.0 Å². The van der Waals surface area contributed by atoms with Gasteiger partial charge < -0.3 is 19.7 Å². The Morgan fingerprint density at radius 1 is 1.13 bits per heavy atom. The molecule has 2 aliphatic heterocycles. The first-order valence-corrected chi connectivity index (χ1v) is 19.3. The lowest BCUT2D eigenvalue weighted by atomic mass is 9.91. The predicted octanol–water partition coefficient (Wildman–Crippen LogP) is 4.41. The fraction of sp³-hybridized carbons (Fsp3) is 0.639. The first-order chi connectivity index (χ1) is 24.3. The lowest BCUT2D eigenvalue weighted by molar-refractivity contribution is -0.140. The van der Waals surface area contributed by atoms with Crippen LogP contribution in [0.3, 0.4) is 0 Å². The van der Waals surface area contributed by atoms with Gasteiger partial charge in [-0.1, -0.05) is 31.1 Å². The first kappa shape index (κ1) is 39.2. The van der Waals surface area contributed by atoms with Crippen LogP contribution in [-0.4, -0.2) is 95.3 Å². The Bertz CT molecular complexity index is 1840. The van der Waals surface area contributed by atoms with E-state index >= 15 is 0 Å². The maximum Gasteiger partial charge on any atom is 0.408 e. The molecular weight excluding hydrogens is 695 g/mol. The Morgan fingerprint density at radius 3 is 2.54 bits per heavy atom. The number of hydrogen-bond acceptors (Lipinski definition) is 9. The molecular formula is C36H51FN6O8S. The Balaban J connectivity index is 1.50. The van der Waals surface area contributed by atoms with E-state index in [1.54, 1.807) is 37.5 Å². The summed E-state index contributed by atoms with van der Waals surface area (Å²) >= 11 is 0. The molecule has 0 radical (unpaired) electrons. The second kappa shape index (κ2) is 15.1. The summed E-state index contributed by atoms with van der Waals surface area (Å²) in [7, 11) is -1.55. The second-order valence-corrected chi connectivity index (χ2v) is 17.4. The molecule has 2 fully saturated rings. The number of halogens is 1. The van der Waals surface area contributed by atoms with Crippen LogP contribution in [0.5, 0.6) is 6.01 Å². The van der Waals surface area contributed by atoms with Crippen molar-refractivity contribution in [2.24, 2.45) is 11.3 Å². The van der Waals surface area contributed by atoms with Crippen LogP contribution in [-0.2, 0) is 29.3 Å². The summed E-state index contributed by atoms with van der Waals surface area (Å²) in [4.78, 5) is 61.4. The number of allylic oxidation sites excluding steroid dienone is 2. The van der Waals surface area contributed by atoms with Gasteiger partial charge in [0.25, 0.3) is 6.01 Å². The van der Waals surface area contributed by atoms with E-state index in [4.69, 9.17) is 9.47 Å². The van der Waals surface area contributed by atoms with E-state index in [2.05, 4.69) is 15.0 Å². The van der Waals surface area contributed by atoms with Crippen molar-refractivity contribution >= 4 is 44.9 Å². The number of ketones is 1. The van der Waals surface area contributed by atoms with Gasteiger partial charge in [-0.15, -0.1) is 0 Å². The second-order valence-electron chi connectivity index (χ2n) is 15.5. The van der Waals surface area contributed by atoms with Crippen molar-refractivity contribution in [1.29, 1.82) is 0 Å². The number of para-hydroxylation sites is 1. The lowest BCUT2D eigenvalue weighted by Crippen LogP contribution is -2.53. The molecule has 1 aromatic heterocycles. The van der Waals surface area contributed by atoms with Gasteiger partial charge in [-0.2, -0.15) is 17.7 Å². The summed E-state index contributed by atoms with van der Waals surface area (Å²) in [5, 5.41) is 2.72. The number of carbonyl (C=O) groups excluding carboxylic acids is 4. The van der Waals surface area contributed by atoms with Crippen molar-refractivity contribution in [3.63, 3.8) is 0 Å². The van der Waals surface area contributed by atoms with E-state index in [-0.39, 0.29) is 49.3 Å². The molecule has 3 amide bonds. The van der Waals surface area contributed by atoms with Crippen molar-refractivity contribution in [2.75, 3.05) is 20.6 Å². The molecule has 52 heavy (non-hydrogen) atoms. The molecule has 0 spiro atoms. The summed E-state index contributed by atoms with van der Waals surface area (Å²) < 4.78 is 56.9. The van der Waals surface area contributed by atoms with Gasteiger partial charge in [-0.05, 0) is 78.4 Å². The van der Waals surface area contributed by atoms with Crippen molar-refractivity contribution in [1.82, 2.24) is 28.8 Å². The molecule has 2 aromatic rings. The molecule has 5 rings (SSSR count). The average Bonchev–Trinajstić information content (AvgIpc) is 3.36. The highest BCUT2D eigenvalue weighted by Crippen LogP contribution is 2.57. The third-order valence-electron chi connectivity index (χ3n) is 9.83. The fourth-order valence-electron chi connectivity index (χ4n) is 7.05. The molecule has 14 nitrogen and oxygen atoms in total. The van der Waals surface area contributed by atoms with E-state index in [1.807, 2.05) is 26.0 Å². The smallest absolute Gasteiger partial charge is 0.408 e. The molecule has 1 aliphatic carbocycles. The minimum Gasteiger partial charge on any atom is -0.459 e. The number of aromatic nitrogens is 2. The van der Waals surface area contributed by atoms with Crippen LogP contribution in [0.15, 0.2) is 30.4 Å². The number of benzene rings is 1. The zero-order valence-electron chi connectivity index (χ0n) is 31.0. The number of nitrogens with one attached hydrogen (secondary N) is 2. The molecule has 5 atom stereocenters. The Hall–Kier alpha value is -4.05. The zero-order valence-corrected chi connectivity index (χ0v) is 31.8. The van der Waals surface area contributed by atoms with Crippen LogP contribution < -0.4 is 14.8 Å². The largest absolute Gasteiger partial charge is 0.459 e. The number of imidazole rings is 1. The highest BCUT2D eigenvalue weighted by atomic mass is 32.2. The van der Waals surface area contributed by atoms with Gasteiger partial charge in [0.15, 0.2) is 5.78 Å². The van der Waals surface area contributed by atoms with Crippen LogP contribution >= 0.6 is 0 Å². The Morgan fingerprint density at radius 2 is 1.87 bits per heavy atom. The van der Waals surface area contributed by atoms with Gasteiger partial charge in [0, 0.05) is 33.0 Å². The third-order valence-corrected chi connectivity index (χ3v) is 11.2. The van der Waals surface area contributed by atoms with Gasteiger partial charge in [0.1, 0.15) is 29.1 Å². The van der Waals surface area contributed by atoms with Gasteiger partial charge in [0.2, 0.25) is 11.8 Å². The quantitative estimate of drug-likeness (QED) is 0.390. The van der Waals surface area contributed by atoms with Crippen molar-refractivity contribution in [2.45, 2.75) is 116 Å². The molecule has 0 bridgehead atoms. The number of fused-ring (bicyclic) bond motifs is 3. The lowest BCUT2D eigenvalue weighted by Gasteiger charge is -2.30. The molecule has 2 N–H and O–H groups in total. The third kappa shape index (κ3) is 8.59. The average molecular weight is 747 g/mol. The van der Waals surface area contributed by atoms with Gasteiger partial charge in [0.05, 0.1) is 23.5 Å². The van der Waals surface area contributed by atoms with Crippen LogP contribution in [0.2, 0.25) is 0 Å². The fourth-order valence-corrected chi connectivity index (χ4v) is 7.67. The van der Waals surface area contributed by atoms with Crippen LogP contribution in [0.4, 0.5) is 9.18 Å². The number of ether oxygens (including phenoxy) is 2. The predicted molar refractivity (Wildman–Crippen MR) is 191 cm³/mol. The number of carbonyl (C=O) groups is 4. The maximum absolute atomic E-state index is 15.0. The number of nitrogens with zero attached hydrogens (tertiary/aromatic N) is 4. The van der Waals surface area contributed by atoms with Gasteiger partial charge in [-0.25, -0.2) is 13.9 Å². The monoisotopic (exact) mass is 746 g/mol. The topological polar surface area (TPSA) is 169 Å². The number of amides is 3. The highest BCUT2D eigenvalue weighted by molar-refractivity contribution is 7.87. The van der Waals surface area contributed by atoms with E-state index in [9.17, 15) is 32.0 Å². The van der Waals surface area contributed by atoms with E-state index in [0.29, 0.717) is 24.8 Å². The molecule has 1 saturated carbocycles. The Labute approximate surface area is 304 Å². The number of hydrogen-bond donors (Lipinski definition) is 2. The minimum absolute atomic E-state index is 0.0295. The van der Waals surface area contributed by atoms with E-state index < -0.39 is 68.9 Å². The van der Waals surface area contributed by atoms with Crippen LogP contribution in [0.25, 0.3) is 11.0 Å². The molecule has 3 heterocycles. The first-order valence-electron chi connectivity index (χ1n) is 17.9. The number of Topliss-reactive ketones (excluding diaryl/α,β-unsaturated/α-hetero) is 1.